The Bertz CT molecular complexity index is 1040. The number of methoxy groups -OCH3 is 1. The average Bonchev–Trinajstić information content (AvgIpc) is 3.09. The molecule has 0 bridgehead atoms. The van der Waals surface area contributed by atoms with Gasteiger partial charge in [0.1, 0.15) is 0 Å². The van der Waals surface area contributed by atoms with Crippen LogP contribution in [0.3, 0.4) is 0 Å². The van der Waals surface area contributed by atoms with E-state index < -0.39 is 4.92 Å². The van der Waals surface area contributed by atoms with Crippen LogP contribution in [0.5, 0.6) is 5.75 Å². The van der Waals surface area contributed by atoms with E-state index in [1.807, 2.05) is 5.38 Å². The second kappa shape index (κ2) is 8.18. The van der Waals surface area contributed by atoms with Gasteiger partial charge >= 0.3 is 5.69 Å². The number of nitro benzene ring substituents is 1. The third kappa shape index (κ3) is 4.17. The molecule has 0 saturated heterocycles. The van der Waals surface area contributed by atoms with Gasteiger partial charge in [0.25, 0.3) is 0 Å². The van der Waals surface area contributed by atoms with Crippen LogP contribution < -0.4 is 10.2 Å². The number of ether oxygens (including phenoxy) is 1. The summed E-state index contributed by atoms with van der Waals surface area (Å²) in [6, 6.07) is 8.94. The SMILES string of the molecule is COc1ccc(/C=N\Nc2nc(-c3c(C)cc(C)cc3C)cs2)cc1[N+](=O)[O-]. The lowest BCUT2D eigenvalue weighted by molar-refractivity contribution is -0.385. The number of rotatable bonds is 6. The van der Waals surface area contributed by atoms with Crippen molar-refractivity contribution in [3.63, 3.8) is 0 Å². The van der Waals surface area contributed by atoms with Crippen LogP contribution in [-0.2, 0) is 0 Å². The predicted molar refractivity (Wildman–Crippen MR) is 113 cm³/mol. The maximum atomic E-state index is 11.1. The molecule has 0 radical (unpaired) electrons. The lowest BCUT2D eigenvalue weighted by atomic mass is 9.98. The number of anilines is 1. The monoisotopic (exact) mass is 396 g/mol. The largest absolute Gasteiger partial charge is 0.490 e. The lowest BCUT2D eigenvalue weighted by Gasteiger charge is -2.08. The van der Waals surface area contributed by atoms with E-state index in [0.29, 0.717) is 10.7 Å². The molecule has 0 amide bonds. The van der Waals surface area contributed by atoms with Crippen LogP contribution in [0.4, 0.5) is 10.8 Å². The highest BCUT2D eigenvalue weighted by Crippen LogP contribution is 2.31. The van der Waals surface area contributed by atoms with Crippen LogP contribution in [0, 0.1) is 30.9 Å². The summed E-state index contributed by atoms with van der Waals surface area (Å²) in [6.45, 7) is 6.24. The molecule has 0 fully saturated rings. The first-order valence-corrected chi connectivity index (χ1v) is 9.42. The Kier molecular flexibility index (Phi) is 5.70. The standard InChI is InChI=1S/C20H20N4O3S/c1-12-7-13(2)19(14(3)8-12)16-11-28-20(22-16)23-21-10-15-5-6-18(27-4)17(9-15)24(25)26/h5-11H,1-4H3,(H,22,23)/b21-10-. The molecule has 3 aromatic rings. The molecule has 0 spiro atoms. The molecular formula is C20H20N4O3S. The highest BCUT2D eigenvalue weighted by Gasteiger charge is 2.14. The molecule has 28 heavy (non-hydrogen) atoms. The summed E-state index contributed by atoms with van der Waals surface area (Å²) in [5.41, 5.74) is 8.99. The molecule has 0 unspecified atom stereocenters. The Morgan fingerprint density at radius 2 is 1.93 bits per heavy atom. The van der Waals surface area contributed by atoms with Crippen LogP contribution in [0.15, 0.2) is 40.8 Å². The zero-order chi connectivity index (χ0) is 20.3. The number of aromatic nitrogens is 1. The van der Waals surface area contributed by atoms with Crippen molar-refractivity contribution in [2.45, 2.75) is 20.8 Å². The highest BCUT2D eigenvalue weighted by molar-refractivity contribution is 7.14. The van der Waals surface area contributed by atoms with Crippen LogP contribution in [0.2, 0.25) is 0 Å². The summed E-state index contributed by atoms with van der Waals surface area (Å²) < 4.78 is 5.00. The second-order valence-corrected chi connectivity index (χ2v) is 7.23. The fraction of sp³-hybridized carbons (Fsp3) is 0.200. The van der Waals surface area contributed by atoms with Crippen LogP contribution in [0.25, 0.3) is 11.3 Å². The van der Waals surface area contributed by atoms with Gasteiger partial charge in [0, 0.05) is 22.6 Å². The molecule has 0 aliphatic carbocycles. The summed E-state index contributed by atoms with van der Waals surface area (Å²) in [7, 11) is 1.40. The number of aryl methyl sites for hydroxylation is 3. The van der Waals surface area contributed by atoms with Gasteiger partial charge in [-0.25, -0.2) is 4.98 Å². The van der Waals surface area contributed by atoms with E-state index in [9.17, 15) is 10.1 Å². The minimum atomic E-state index is -0.483. The normalized spacial score (nSPS) is 11.0. The molecule has 3 rings (SSSR count). The van der Waals surface area contributed by atoms with Gasteiger partial charge in [-0.15, -0.1) is 11.3 Å². The zero-order valence-electron chi connectivity index (χ0n) is 16.0. The van der Waals surface area contributed by atoms with Gasteiger partial charge in [0.2, 0.25) is 5.13 Å². The fourth-order valence-corrected chi connectivity index (χ4v) is 3.77. The van der Waals surface area contributed by atoms with Crippen molar-refractivity contribution < 1.29 is 9.66 Å². The van der Waals surface area contributed by atoms with Crippen molar-refractivity contribution >= 4 is 28.4 Å². The number of nitro groups is 1. The summed E-state index contributed by atoms with van der Waals surface area (Å²) in [5, 5.41) is 17.9. The zero-order valence-corrected chi connectivity index (χ0v) is 16.8. The Labute approximate surface area is 166 Å². The Morgan fingerprint density at radius 3 is 2.57 bits per heavy atom. The quantitative estimate of drug-likeness (QED) is 0.356. The minimum absolute atomic E-state index is 0.103. The van der Waals surface area contributed by atoms with Gasteiger partial charge in [-0.1, -0.05) is 17.7 Å². The van der Waals surface area contributed by atoms with E-state index in [1.54, 1.807) is 12.1 Å². The van der Waals surface area contributed by atoms with E-state index in [0.717, 1.165) is 11.3 Å². The van der Waals surface area contributed by atoms with E-state index in [2.05, 4.69) is 48.4 Å². The number of hydrazone groups is 1. The maximum absolute atomic E-state index is 11.1. The van der Waals surface area contributed by atoms with Gasteiger partial charge in [0.05, 0.1) is 23.9 Å². The van der Waals surface area contributed by atoms with Crippen molar-refractivity contribution in [3.8, 4) is 17.0 Å². The molecule has 8 heteroatoms. The van der Waals surface area contributed by atoms with Crippen LogP contribution in [-0.4, -0.2) is 23.2 Å². The minimum Gasteiger partial charge on any atom is -0.490 e. The van der Waals surface area contributed by atoms with Crippen molar-refractivity contribution in [1.29, 1.82) is 0 Å². The number of nitrogens with zero attached hydrogens (tertiary/aromatic N) is 3. The van der Waals surface area contributed by atoms with Crippen LogP contribution >= 0.6 is 11.3 Å². The number of nitrogens with one attached hydrogen (secondary N) is 1. The van der Waals surface area contributed by atoms with Gasteiger partial charge in [-0.3, -0.25) is 15.5 Å². The molecule has 1 aromatic heterocycles. The molecular weight excluding hydrogens is 376 g/mol. The molecule has 1 N–H and O–H groups in total. The summed E-state index contributed by atoms with van der Waals surface area (Å²) >= 11 is 1.45. The number of hydrogen-bond acceptors (Lipinski definition) is 7. The topological polar surface area (TPSA) is 89.7 Å². The summed E-state index contributed by atoms with van der Waals surface area (Å²) in [6.07, 6.45) is 1.51. The molecule has 0 aliphatic heterocycles. The maximum Gasteiger partial charge on any atom is 0.311 e. The molecule has 0 atom stereocenters. The number of hydrogen-bond donors (Lipinski definition) is 1. The molecule has 7 nitrogen and oxygen atoms in total. The lowest BCUT2D eigenvalue weighted by Crippen LogP contribution is -1.96. The molecule has 0 saturated carbocycles. The van der Waals surface area contributed by atoms with Crippen LogP contribution in [0.1, 0.15) is 22.3 Å². The smallest absolute Gasteiger partial charge is 0.311 e. The predicted octanol–water partition coefficient (Wildman–Crippen LogP) is 5.10. The number of thiazole rings is 1. The Morgan fingerprint density at radius 1 is 1.21 bits per heavy atom. The molecule has 0 aliphatic rings. The van der Waals surface area contributed by atoms with Gasteiger partial charge in [-0.05, 0) is 44.0 Å². The van der Waals surface area contributed by atoms with Crippen molar-refractivity contribution in [2.75, 3.05) is 12.5 Å². The van der Waals surface area contributed by atoms with Crippen molar-refractivity contribution in [1.82, 2.24) is 4.98 Å². The fourth-order valence-electron chi connectivity index (χ4n) is 3.12. The third-order valence-corrected chi connectivity index (χ3v) is 4.96. The Balaban J connectivity index is 1.77. The van der Waals surface area contributed by atoms with Gasteiger partial charge in [-0.2, -0.15) is 5.10 Å². The first-order valence-electron chi connectivity index (χ1n) is 8.54. The van der Waals surface area contributed by atoms with Crippen molar-refractivity contribution in [2.24, 2.45) is 5.10 Å². The Hall–Kier alpha value is -3.26. The first-order chi connectivity index (χ1) is 13.4. The van der Waals surface area contributed by atoms with Gasteiger partial charge < -0.3 is 4.74 Å². The van der Waals surface area contributed by atoms with Crippen molar-refractivity contribution in [3.05, 3.63) is 68.1 Å². The van der Waals surface area contributed by atoms with E-state index in [1.165, 1.54) is 47.4 Å². The molecule has 1 heterocycles. The van der Waals surface area contributed by atoms with E-state index >= 15 is 0 Å². The summed E-state index contributed by atoms with van der Waals surface area (Å²) in [4.78, 5) is 15.2. The first kappa shape index (κ1) is 19.5. The number of benzene rings is 2. The highest BCUT2D eigenvalue weighted by atomic mass is 32.1. The second-order valence-electron chi connectivity index (χ2n) is 6.37. The van der Waals surface area contributed by atoms with E-state index in [4.69, 9.17) is 4.74 Å². The summed E-state index contributed by atoms with van der Waals surface area (Å²) in [5.74, 6) is 0.212. The van der Waals surface area contributed by atoms with Gasteiger partial charge in [0.15, 0.2) is 5.75 Å². The molecule has 2 aromatic carbocycles. The third-order valence-electron chi connectivity index (χ3n) is 4.21. The molecule has 144 valence electrons. The average molecular weight is 396 g/mol. The van der Waals surface area contributed by atoms with E-state index in [-0.39, 0.29) is 11.4 Å².